The van der Waals surface area contributed by atoms with Crippen molar-refractivity contribution in [2.24, 2.45) is 0 Å². The van der Waals surface area contributed by atoms with Crippen molar-refractivity contribution in [1.82, 2.24) is 14.7 Å². The van der Waals surface area contributed by atoms with E-state index in [1.165, 1.54) is 72.2 Å². The van der Waals surface area contributed by atoms with Crippen molar-refractivity contribution in [2.75, 3.05) is 38.9 Å². The van der Waals surface area contributed by atoms with Crippen LogP contribution in [0.1, 0.15) is 33.4 Å². The molecular weight excluding hydrogens is 461 g/mol. The van der Waals surface area contributed by atoms with Gasteiger partial charge < -0.3 is 24.8 Å². The van der Waals surface area contributed by atoms with E-state index in [4.69, 9.17) is 0 Å². The molecule has 7 heteroatoms. The summed E-state index contributed by atoms with van der Waals surface area (Å²) in [5.41, 5.74) is 8.73. The molecule has 0 saturated carbocycles. The van der Waals surface area contributed by atoms with Crippen LogP contribution in [0.15, 0.2) is 0 Å². The fourth-order valence-electron chi connectivity index (χ4n) is 3.92. The molecule has 0 amide bonds. The molecule has 0 spiro atoms. The van der Waals surface area contributed by atoms with Gasteiger partial charge in [0.2, 0.25) is 0 Å². The number of hydrogen-bond acceptors (Lipinski definition) is 3. The second kappa shape index (κ2) is 10.3. The van der Waals surface area contributed by atoms with Crippen molar-refractivity contribution in [3.05, 3.63) is 33.4 Å². The molecule has 144 valence electrons. The van der Waals surface area contributed by atoms with Crippen LogP contribution in [-0.4, -0.2) is 53.6 Å². The average Bonchev–Trinajstić information content (AvgIpc) is 2.48. The minimum Gasteiger partial charge on any atom is -1.00 e. The van der Waals surface area contributed by atoms with E-state index in [9.17, 15) is 0 Å². The van der Waals surface area contributed by atoms with E-state index in [0.29, 0.717) is 7.92 Å². The third kappa shape index (κ3) is 5.38. The van der Waals surface area contributed by atoms with Gasteiger partial charge in [0.25, 0.3) is 0 Å². The zero-order chi connectivity index (χ0) is 16.0. The van der Waals surface area contributed by atoms with Crippen LogP contribution in [-0.2, 0) is 19.5 Å². The molecule has 25 heavy (non-hydrogen) atoms. The SMILES string of the molecule is C1N2CN3CN1CP(C2)C3.Cc1c(C)c(C)c(C)c(C)c1C.[Cl-].[Cl-].[Ru+2]. The van der Waals surface area contributed by atoms with Crippen LogP contribution >= 0.6 is 7.92 Å². The summed E-state index contributed by atoms with van der Waals surface area (Å²) in [6.07, 6.45) is 4.26. The van der Waals surface area contributed by atoms with Gasteiger partial charge in [0.15, 0.2) is 0 Å². The van der Waals surface area contributed by atoms with E-state index in [1.54, 1.807) is 0 Å². The van der Waals surface area contributed by atoms with Crippen LogP contribution in [0.3, 0.4) is 0 Å². The van der Waals surface area contributed by atoms with E-state index >= 15 is 0 Å². The van der Waals surface area contributed by atoms with E-state index < -0.39 is 0 Å². The van der Waals surface area contributed by atoms with Crippen LogP contribution < -0.4 is 24.8 Å². The van der Waals surface area contributed by atoms with Crippen LogP contribution in [0.4, 0.5) is 0 Å². The first-order valence-electron chi connectivity index (χ1n) is 8.29. The molecule has 0 aliphatic carbocycles. The Morgan fingerprint density at radius 1 is 0.520 bits per heavy atom. The smallest absolute Gasteiger partial charge is 1.00 e. The van der Waals surface area contributed by atoms with E-state index in [-0.39, 0.29) is 44.3 Å². The summed E-state index contributed by atoms with van der Waals surface area (Å²) in [5, 5.41) is 0. The van der Waals surface area contributed by atoms with Gasteiger partial charge in [-0.25, -0.2) is 0 Å². The van der Waals surface area contributed by atoms with Gasteiger partial charge >= 0.3 is 19.5 Å². The Hall–Kier alpha value is 0.733. The topological polar surface area (TPSA) is 9.72 Å². The molecule has 0 atom stereocenters. The Balaban J connectivity index is 0.000000414. The number of halogens is 2. The van der Waals surface area contributed by atoms with Crippen LogP contribution in [0.5, 0.6) is 0 Å². The molecule has 1 aromatic carbocycles. The molecule has 4 aliphatic heterocycles. The molecule has 4 heterocycles. The van der Waals surface area contributed by atoms with E-state index in [0.717, 1.165) is 0 Å². The predicted octanol–water partition coefficient (Wildman–Crippen LogP) is -2.30. The van der Waals surface area contributed by atoms with Gasteiger partial charge in [-0.3, -0.25) is 14.7 Å². The van der Waals surface area contributed by atoms with Crippen molar-refractivity contribution in [2.45, 2.75) is 41.5 Å². The Morgan fingerprint density at radius 3 is 0.880 bits per heavy atom. The summed E-state index contributed by atoms with van der Waals surface area (Å²) in [7, 11) is 0.366. The summed E-state index contributed by atoms with van der Waals surface area (Å²) in [6.45, 7) is 17.0. The molecule has 0 N–H and O–H groups in total. The monoisotopic (exact) mass is 491 g/mol. The van der Waals surface area contributed by atoms with Crippen LogP contribution in [0.2, 0.25) is 0 Å². The number of benzene rings is 1. The van der Waals surface area contributed by atoms with Crippen LogP contribution in [0, 0.1) is 41.5 Å². The van der Waals surface area contributed by atoms with Crippen LogP contribution in [0.25, 0.3) is 0 Å². The molecule has 4 fully saturated rings. The van der Waals surface area contributed by atoms with Gasteiger partial charge in [-0.2, -0.15) is 0 Å². The zero-order valence-corrected chi connectivity index (χ0v) is 20.3. The van der Waals surface area contributed by atoms with E-state index in [1.807, 2.05) is 0 Å². The van der Waals surface area contributed by atoms with Crippen molar-refractivity contribution < 1.29 is 44.3 Å². The maximum Gasteiger partial charge on any atom is 2.00 e. The Labute approximate surface area is 180 Å². The van der Waals surface area contributed by atoms with Crippen molar-refractivity contribution >= 4 is 7.92 Å². The van der Waals surface area contributed by atoms with Crippen molar-refractivity contribution in [1.29, 1.82) is 0 Å². The summed E-state index contributed by atoms with van der Waals surface area (Å²) in [4.78, 5) is 7.71. The number of rotatable bonds is 0. The maximum absolute atomic E-state index is 2.57. The maximum atomic E-state index is 2.57. The first kappa shape index (κ1) is 25.7. The Kier molecular flexibility index (Phi) is 10.6. The van der Waals surface area contributed by atoms with Crippen molar-refractivity contribution in [3.63, 3.8) is 0 Å². The molecule has 0 aromatic heterocycles. The molecule has 5 rings (SSSR count). The van der Waals surface area contributed by atoms with Gasteiger partial charge in [0.05, 0.1) is 20.0 Å². The molecule has 3 nitrogen and oxygen atoms in total. The summed E-state index contributed by atoms with van der Waals surface area (Å²) in [6, 6.07) is 0. The predicted molar refractivity (Wildman–Crippen MR) is 96.5 cm³/mol. The Bertz CT molecular complexity index is 437. The minimum absolute atomic E-state index is 0. The molecular formula is C18H30Cl2N3PRu. The summed E-state index contributed by atoms with van der Waals surface area (Å²) in [5.74, 6) is 0. The van der Waals surface area contributed by atoms with Gasteiger partial charge in [-0.15, -0.1) is 0 Å². The molecule has 0 radical (unpaired) electrons. The Morgan fingerprint density at radius 2 is 0.720 bits per heavy atom. The third-order valence-corrected chi connectivity index (χ3v) is 8.17. The van der Waals surface area contributed by atoms with Gasteiger partial charge in [-0.1, -0.05) is 7.92 Å². The largest absolute Gasteiger partial charge is 2.00 e. The van der Waals surface area contributed by atoms with Crippen molar-refractivity contribution in [3.8, 4) is 0 Å². The fraction of sp³-hybridized carbons (Fsp3) is 0.667. The third-order valence-electron chi connectivity index (χ3n) is 5.77. The average molecular weight is 491 g/mol. The zero-order valence-electron chi connectivity index (χ0n) is 16.1. The first-order valence-corrected chi connectivity index (χ1v) is 10.2. The quantitative estimate of drug-likeness (QED) is 0.299. The summed E-state index contributed by atoms with van der Waals surface area (Å²) < 4.78 is 0. The number of nitrogens with zero attached hydrogens (tertiary/aromatic N) is 3. The standard InChI is InChI=1S/C12H18.C6H12N3P.2ClH.Ru/c1-7-8(2)10(4)12(6)11(5)9(7)3;1-7-2-9-3-8(1)5-10(4-7)6-9;;;/h1-6H3;1-6H2;2*1H;/q;;;;+2/p-2. The normalized spacial score (nSPS) is 28.1. The first-order chi connectivity index (χ1) is 10.4. The molecule has 4 saturated heterocycles. The van der Waals surface area contributed by atoms with E-state index in [2.05, 4.69) is 56.2 Å². The molecule has 4 aliphatic rings. The number of hydrogen-bond donors (Lipinski definition) is 0. The second-order valence-electron chi connectivity index (χ2n) is 7.28. The summed E-state index contributed by atoms with van der Waals surface area (Å²) >= 11 is 0. The second-order valence-corrected chi connectivity index (χ2v) is 9.47. The van der Waals surface area contributed by atoms with Gasteiger partial charge in [0.1, 0.15) is 0 Å². The molecule has 0 unspecified atom stereocenters. The molecule has 4 bridgehead atoms. The fourth-order valence-corrected chi connectivity index (χ4v) is 6.42. The van der Waals surface area contributed by atoms with Gasteiger partial charge in [0, 0.05) is 18.9 Å². The minimum atomic E-state index is 0. The van der Waals surface area contributed by atoms with Gasteiger partial charge in [-0.05, 0) is 74.9 Å². The molecule has 1 aromatic rings.